The highest BCUT2D eigenvalue weighted by Crippen LogP contribution is 2.30. The van der Waals surface area contributed by atoms with Gasteiger partial charge in [0, 0.05) is 22.8 Å². The minimum atomic E-state index is -1.14. The molecule has 3 aromatic rings. The molecule has 0 amide bonds. The van der Waals surface area contributed by atoms with Crippen LogP contribution < -0.4 is 10.1 Å². The number of hydrogen-bond acceptors (Lipinski definition) is 3. The van der Waals surface area contributed by atoms with Gasteiger partial charge in [-0.25, -0.2) is 9.18 Å². The first-order valence-electron chi connectivity index (χ1n) is 6.54. The Hall–Kier alpha value is -3.02. The molecule has 3 N–H and O–H groups in total. The van der Waals surface area contributed by atoms with Crippen molar-refractivity contribution in [2.45, 2.75) is 0 Å². The van der Waals surface area contributed by atoms with Crippen LogP contribution in [0.3, 0.4) is 0 Å². The predicted molar refractivity (Wildman–Crippen MR) is 81.5 cm³/mol. The molecule has 1 heterocycles. The Bertz CT molecular complexity index is 858. The van der Waals surface area contributed by atoms with Crippen molar-refractivity contribution >= 4 is 28.2 Å². The molecule has 0 bridgehead atoms. The normalized spacial score (nSPS) is 10.6. The van der Waals surface area contributed by atoms with Gasteiger partial charge in [0.2, 0.25) is 0 Å². The van der Waals surface area contributed by atoms with Crippen molar-refractivity contribution in [2.75, 3.05) is 12.4 Å². The number of benzene rings is 2. The maximum absolute atomic E-state index is 13.8. The number of aromatic carboxylic acids is 1. The molecule has 0 aliphatic carbocycles. The molecule has 2 aromatic carbocycles. The standard InChI is InChI=1S/C16H13FN2O3/c1-22-10-4-2-3-9(7-10)18-13-6-5-12(17)15-11(13)8-14(19-15)16(20)21/h2-8,18-19H,1H3,(H,20,21). The maximum Gasteiger partial charge on any atom is 0.352 e. The van der Waals surface area contributed by atoms with Crippen LogP contribution in [0.15, 0.2) is 42.5 Å². The monoisotopic (exact) mass is 300 g/mol. The molecule has 0 saturated carbocycles. The van der Waals surface area contributed by atoms with Crippen LogP contribution in [0.1, 0.15) is 10.5 Å². The zero-order chi connectivity index (χ0) is 15.7. The number of H-pyrrole nitrogens is 1. The number of aromatic amines is 1. The summed E-state index contributed by atoms with van der Waals surface area (Å²) in [5, 5.41) is 12.6. The van der Waals surface area contributed by atoms with E-state index < -0.39 is 11.8 Å². The SMILES string of the molecule is COc1cccc(Nc2ccc(F)c3[nH]c(C(=O)O)cc23)c1. The molecule has 5 nitrogen and oxygen atoms in total. The fraction of sp³-hybridized carbons (Fsp3) is 0.0625. The van der Waals surface area contributed by atoms with Crippen LogP contribution in [0.2, 0.25) is 0 Å². The number of nitrogens with one attached hydrogen (secondary N) is 2. The third-order valence-electron chi connectivity index (χ3n) is 3.32. The van der Waals surface area contributed by atoms with Gasteiger partial charge in [0.25, 0.3) is 0 Å². The number of ether oxygens (including phenoxy) is 1. The quantitative estimate of drug-likeness (QED) is 0.686. The molecule has 0 spiro atoms. The highest BCUT2D eigenvalue weighted by molar-refractivity contribution is 6.00. The Labute approximate surface area is 125 Å². The van der Waals surface area contributed by atoms with Crippen molar-refractivity contribution < 1.29 is 19.0 Å². The number of fused-ring (bicyclic) bond motifs is 1. The van der Waals surface area contributed by atoms with Crippen LogP contribution in [0, 0.1) is 5.82 Å². The van der Waals surface area contributed by atoms with Gasteiger partial charge in [-0.3, -0.25) is 0 Å². The lowest BCUT2D eigenvalue weighted by Gasteiger charge is -2.09. The highest BCUT2D eigenvalue weighted by atomic mass is 19.1. The molecule has 0 aliphatic heterocycles. The van der Waals surface area contributed by atoms with Crippen molar-refractivity contribution in [3.63, 3.8) is 0 Å². The number of anilines is 2. The molecule has 0 atom stereocenters. The summed E-state index contributed by atoms with van der Waals surface area (Å²) in [5.41, 5.74) is 1.46. The third kappa shape index (κ3) is 2.46. The van der Waals surface area contributed by atoms with Crippen LogP contribution in [0.25, 0.3) is 10.9 Å². The second-order valence-electron chi connectivity index (χ2n) is 4.73. The number of carbonyl (C=O) groups is 1. The number of methoxy groups -OCH3 is 1. The minimum Gasteiger partial charge on any atom is -0.497 e. The lowest BCUT2D eigenvalue weighted by Crippen LogP contribution is -1.95. The molecule has 0 saturated heterocycles. The number of hydrogen-bond donors (Lipinski definition) is 3. The van der Waals surface area contributed by atoms with Gasteiger partial charge in [0.15, 0.2) is 0 Å². The van der Waals surface area contributed by atoms with E-state index in [0.29, 0.717) is 16.8 Å². The Kier molecular flexibility index (Phi) is 3.42. The zero-order valence-electron chi connectivity index (χ0n) is 11.7. The smallest absolute Gasteiger partial charge is 0.352 e. The predicted octanol–water partition coefficient (Wildman–Crippen LogP) is 3.76. The van der Waals surface area contributed by atoms with Gasteiger partial charge in [-0.05, 0) is 30.3 Å². The lowest BCUT2D eigenvalue weighted by molar-refractivity contribution is 0.0691. The molecule has 0 radical (unpaired) electrons. The molecule has 1 aromatic heterocycles. The van der Waals surface area contributed by atoms with Gasteiger partial charge >= 0.3 is 5.97 Å². The summed E-state index contributed by atoms with van der Waals surface area (Å²) in [6, 6.07) is 11.5. The Morgan fingerprint density at radius 3 is 2.82 bits per heavy atom. The van der Waals surface area contributed by atoms with Crippen molar-refractivity contribution in [1.82, 2.24) is 4.98 Å². The molecule has 0 fully saturated rings. The molecular weight excluding hydrogens is 287 g/mol. The molecule has 3 rings (SSSR count). The summed E-state index contributed by atoms with van der Waals surface area (Å²) in [6.07, 6.45) is 0. The third-order valence-corrected chi connectivity index (χ3v) is 3.32. The first-order valence-corrected chi connectivity index (χ1v) is 6.54. The highest BCUT2D eigenvalue weighted by Gasteiger charge is 2.13. The second kappa shape index (κ2) is 5.40. The second-order valence-corrected chi connectivity index (χ2v) is 4.73. The largest absolute Gasteiger partial charge is 0.497 e. The van der Waals surface area contributed by atoms with Crippen molar-refractivity contribution in [1.29, 1.82) is 0 Å². The van der Waals surface area contributed by atoms with E-state index in [-0.39, 0.29) is 11.2 Å². The number of rotatable bonds is 4. The average Bonchev–Trinajstić information content (AvgIpc) is 2.97. The van der Waals surface area contributed by atoms with Crippen LogP contribution in [-0.4, -0.2) is 23.2 Å². The first kappa shape index (κ1) is 13.9. The van der Waals surface area contributed by atoms with Gasteiger partial charge in [-0.2, -0.15) is 0 Å². The molecule has 22 heavy (non-hydrogen) atoms. The van der Waals surface area contributed by atoms with Crippen LogP contribution >= 0.6 is 0 Å². The lowest BCUT2D eigenvalue weighted by atomic mass is 10.2. The number of carboxylic acids is 1. The van der Waals surface area contributed by atoms with Gasteiger partial charge in [-0.1, -0.05) is 6.07 Å². The Morgan fingerprint density at radius 1 is 1.27 bits per heavy atom. The number of aromatic nitrogens is 1. The van der Waals surface area contributed by atoms with E-state index in [4.69, 9.17) is 9.84 Å². The van der Waals surface area contributed by atoms with Gasteiger partial charge < -0.3 is 20.1 Å². The van der Waals surface area contributed by atoms with Gasteiger partial charge in [0.05, 0.1) is 12.6 Å². The molecule has 112 valence electrons. The number of carboxylic acid groups (broad SMARTS) is 1. The van der Waals surface area contributed by atoms with E-state index in [9.17, 15) is 9.18 Å². The van der Waals surface area contributed by atoms with Gasteiger partial charge in [0.1, 0.15) is 17.3 Å². The van der Waals surface area contributed by atoms with E-state index >= 15 is 0 Å². The summed E-state index contributed by atoms with van der Waals surface area (Å²) in [7, 11) is 1.57. The van der Waals surface area contributed by atoms with E-state index in [2.05, 4.69) is 10.3 Å². The fourth-order valence-corrected chi connectivity index (χ4v) is 2.27. The Balaban J connectivity index is 2.06. The molecule has 6 heteroatoms. The molecule has 0 aliphatic rings. The molecular formula is C16H13FN2O3. The van der Waals surface area contributed by atoms with Crippen LogP contribution in [-0.2, 0) is 0 Å². The summed E-state index contributed by atoms with van der Waals surface area (Å²) in [4.78, 5) is 13.6. The van der Waals surface area contributed by atoms with E-state index in [0.717, 1.165) is 5.69 Å². The number of halogens is 1. The van der Waals surface area contributed by atoms with E-state index in [1.165, 1.54) is 12.1 Å². The van der Waals surface area contributed by atoms with Crippen molar-refractivity contribution in [3.8, 4) is 5.75 Å². The minimum absolute atomic E-state index is 0.0613. The maximum atomic E-state index is 13.8. The summed E-state index contributed by atoms with van der Waals surface area (Å²) >= 11 is 0. The summed E-state index contributed by atoms with van der Waals surface area (Å²) in [5.74, 6) is -0.953. The van der Waals surface area contributed by atoms with E-state index in [1.807, 2.05) is 18.2 Å². The summed E-state index contributed by atoms with van der Waals surface area (Å²) in [6.45, 7) is 0. The molecule has 0 unspecified atom stereocenters. The van der Waals surface area contributed by atoms with E-state index in [1.54, 1.807) is 19.2 Å². The summed E-state index contributed by atoms with van der Waals surface area (Å²) < 4.78 is 19.0. The zero-order valence-corrected chi connectivity index (χ0v) is 11.7. The van der Waals surface area contributed by atoms with Crippen LogP contribution in [0.5, 0.6) is 5.75 Å². The van der Waals surface area contributed by atoms with Crippen LogP contribution in [0.4, 0.5) is 15.8 Å². The van der Waals surface area contributed by atoms with Crippen molar-refractivity contribution in [3.05, 3.63) is 54.0 Å². The Morgan fingerprint density at radius 2 is 2.09 bits per heavy atom. The van der Waals surface area contributed by atoms with Crippen molar-refractivity contribution in [2.24, 2.45) is 0 Å². The average molecular weight is 300 g/mol. The topological polar surface area (TPSA) is 74.3 Å². The fourth-order valence-electron chi connectivity index (χ4n) is 2.27. The first-order chi connectivity index (χ1) is 10.6. The van der Waals surface area contributed by atoms with Gasteiger partial charge in [-0.15, -0.1) is 0 Å².